The van der Waals surface area contributed by atoms with Crippen LogP contribution in [0.3, 0.4) is 0 Å². The smallest absolute Gasteiger partial charge is 0.155 e. The molecule has 0 heterocycles. The van der Waals surface area contributed by atoms with E-state index in [-0.39, 0.29) is 5.78 Å². The minimum Gasteiger partial charge on any atom is -0.295 e. The van der Waals surface area contributed by atoms with Crippen LogP contribution in [0.25, 0.3) is 0 Å². The van der Waals surface area contributed by atoms with Crippen molar-refractivity contribution >= 4 is 5.78 Å². The second-order valence-electron chi connectivity index (χ2n) is 4.77. The molecule has 0 unspecified atom stereocenters. The van der Waals surface area contributed by atoms with E-state index in [0.29, 0.717) is 6.42 Å². The maximum absolute atomic E-state index is 11.4. The molecule has 0 N–H and O–H groups in total. The quantitative estimate of drug-likeness (QED) is 0.195. The Morgan fingerprint density at radius 3 is 2.26 bits per heavy atom. The average Bonchev–Trinajstić information content (AvgIpc) is 2.41. The van der Waals surface area contributed by atoms with Crippen molar-refractivity contribution in [2.75, 3.05) is 0 Å². The van der Waals surface area contributed by atoms with Crippen molar-refractivity contribution in [2.45, 2.75) is 64.7 Å². The van der Waals surface area contributed by atoms with Crippen LogP contribution >= 0.6 is 0 Å². The van der Waals surface area contributed by atoms with E-state index >= 15 is 0 Å². The third-order valence-electron chi connectivity index (χ3n) is 3.00. The molecule has 0 aromatic carbocycles. The molecule has 19 heavy (non-hydrogen) atoms. The Labute approximate surface area is 118 Å². The molecule has 1 nitrogen and oxygen atoms in total. The molecule has 0 fully saturated rings. The van der Waals surface area contributed by atoms with Gasteiger partial charge in [-0.3, -0.25) is 4.79 Å². The Kier molecular flexibility index (Phi) is 13.7. The lowest BCUT2D eigenvalue weighted by Crippen LogP contribution is -1.92. The third kappa shape index (κ3) is 14.6. The van der Waals surface area contributed by atoms with Crippen LogP contribution in [0.5, 0.6) is 0 Å². The summed E-state index contributed by atoms with van der Waals surface area (Å²) in [6.07, 6.45) is 19.7. The standard InChI is InChI=1S/C18H28O/c1-3-5-7-8-9-10-11-12-13-15-17-18(19)16-14-6-4-2/h4-6,14,16H,1,7-13,15,17H2,2H3. The molecule has 0 radical (unpaired) electrons. The van der Waals surface area contributed by atoms with Crippen LogP contribution in [0.1, 0.15) is 64.7 Å². The van der Waals surface area contributed by atoms with Crippen molar-refractivity contribution in [3.8, 4) is 0 Å². The molecule has 1 heteroatoms. The fourth-order valence-corrected chi connectivity index (χ4v) is 1.89. The lowest BCUT2D eigenvalue weighted by Gasteiger charge is -2.00. The van der Waals surface area contributed by atoms with E-state index in [4.69, 9.17) is 0 Å². The zero-order chi connectivity index (χ0) is 14.2. The molecule has 0 spiro atoms. The molecule has 0 amide bonds. The molecule has 0 aliphatic heterocycles. The molecule has 0 saturated carbocycles. The van der Waals surface area contributed by atoms with Crippen LogP contribution in [-0.4, -0.2) is 5.78 Å². The van der Waals surface area contributed by atoms with E-state index in [1.807, 2.05) is 31.2 Å². The van der Waals surface area contributed by atoms with Crippen LogP contribution in [0, 0.1) is 0 Å². The van der Waals surface area contributed by atoms with Gasteiger partial charge >= 0.3 is 0 Å². The highest BCUT2D eigenvalue weighted by molar-refractivity contribution is 5.89. The van der Waals surface area contributed by atoms with Crippen LogP contribution in [-0.2, 0) is 4.79 Å². The van der Waals surface area contributed by atoms with Crippen LogP contribution in [0.15, 0.2) is 42.7 Å². The maximum atomic E-state index is 11.4. The maximum Gasteiger partial charge on any atom is 0.155 e. The molecule has 0 bridgehead atoms. The largest absolute Gasteiger partial charge is 0.295 e. The molecule has 0 aliphatic rings. The fraction of sp³-hybridized carbons (Fsp3) is 0.556. The topological polar surface area (TPSA) is 17.1 Å². The molecule has 0 aliphatic carbocycles. The number of unbranched alkanes of at least 4 members (excludes halogenated alkanes) is 7. The zero-order valence-electron chi connectivity index (χ0n) is 12.4. The van der Waals surface area contributed by atoms with Gasteiger partial charge in [-0.15, -0.1) is 5.73 Å². The number of carbonyl (C=O) groups is 1. The van der Waals surface area contributed by atoms with Gasteiger partial charge in [-0.2, -0.15) is 0 Å². The second kappa shape index (κ2) is 14.7. The van der Waals surface area contributed by atoms with E-state index in [0.717, 1.165) is 12.8 Å². The highest BCUT2D eigenvalue weighted by Gasteiger charge is 1.96. The first-order valence-electron chi connectivity index (χ1n) is 7.47. The summed E-state index contributed by atoms with van der Waals surface area (Å²) >= 11 is 0. The van der Waals surface area contributed by atoms with Crippen LogP contribution < -0.4 is 0 Å². The molecule has 0 saturated heterocycles. The predicted molar refractivity (Wildman–Crippen MR) is 84.2 cm³/mol. The van der Waals surface area contributed by atoms with E-state index in [1.54, 1.807) is 6.08 Å². The summed E-state index contributed by atoms with van der Waals surface area (Å²) in [4.78, 5) is 11.4. The molecule has 0 aromatic rings. The lowest BCUT2D eigenvalue weighted by molar-refractivity contribution is -0.114. The van der Waals surface area contributed by atoms with Gasteiger partial charge in [0, 0.05) is 6.42 Å². The Hall–Kier alpha value is -1.33. The molecule has 0 rings (SSSR count). The third-order valence-corrected chi connectivity index (χ3v) is 3.00. The first-order valence-corrected chi connectivity index (χ1v) is 7.47. The molecule has 106 valence electrons. The van der Waals surface area contributed by atoms with Crippen molar-refractivity contribution in [2.24, 2.45) is 0 Å². The fourth-order valence-electron chi connectivity index (χ4n) is 1.89. The molecular weight excluding hydrogens is 232 g/mol. The summed E-state index contributed by atoms with van der Waals surface area (Å²) in [5.41, 5.74) is 2.80. The summed E-state index contributed by atoms with van der Waals surface area (Å²) in [7, 11) is 0. The van der Waals surface area contributed by atoms with Gasteiger partial charge in [0.25, 0.3) is 0 Å². The highest BCUT2D eigenvalue weighted by Crippen LogP contribution is 2.10. The summed E-state index contributed by atoms with van der Waals surface area (Å²) in [5, 5.41) is 0. The van der Waals surface area contributed by atoms with Gasteiger partial charge in [-0.1, -0.05) is 56.9 Å². The van der Waals surface area contributed by atoms with Crippen LogP contribution in [0.2, 0.25) is 0 Å². The Morgan fingerprint density at radius 1 is 1.00 bits per heavy atom. The van der Waals surface area contributed by atoms with Gasteiger partial charge < -0.3 is 0 Å². The van der Waals surface area contributed by atoms with Crippen molar-refractivity contribution < 1.29 is 4.79 Å². The van der Waals surface area contributed by atoms with Gasteiger partial charge in [0.2, 0.25) is 0 Å². The SMILES string of the molecule is C=C=CCCCCCCCCCC(=O)C=CC=CC. The van der Waals surface area contributed by atoms with Gasteiger partial charge in [0.05, 0.1) is 0 Å². The van der Waals surface area contributed by atoms with Crippen molar-refractivity contribution in [1.29, 1.82) is 0 Å². The molecular formula is C18H28O. The summed E-state index contributed by atoms with van der Waals surface area (Å²) in [6.45, 7) is 5.50. The minimum absolute atomic E-state index is 0.245. The van der Waals surface area contributed by atoms with Gasteiger partial charge in [-0.25, -0.2) is 0 Å². The first kappa shape index (κ1) is 17.7. The number of hydrogen-bond acceptors (Lipinski definition) is 1. The summed E-state index contributed by atoms with van der Waals surface area (Å²) in [6, 6.07) is 0. The van der Waals surface area contributed by atoms with E-state index < -0.39 is 0 Å². The number of allylic oxidation sites excluding steroid dienone is 5. The lowest BCUT2D eigenvalue weighted by atomic mass is 10.1. The average molecular weight is 260 g/mol. The van der Waals surface area contributed by atoms with Gasteiger partial charge in [-0.05, 0) is 38.3 Å². The monoisotopic (exact) mass is 260 g/mol. The molecule has 0 atom stereocenters. The second-order valence-corrected chi connectivity index (χ2v) is 4.77. The Balaban J connectivity index is 3.26. The Morgan fingerprint density at radius 2 is 1.63 bits per heavy atom. The van der Waals surface area contributed by atoms with Crippen molar-refractivity contribution in [3.63, 3.8) is 0 Å². The van der Waals surface area contributed by atoms with Crippen LogP contribution in [0.4, 0.5) is 0 Å². The predicted octanol–water partition coefficient (Wildman–Crippen LogP) is 5.54. The number of hydrogen-bond donors (Lipinski definition) is 0. The Bertz CT molecular complexity index is 317. The normalized spacial score (nSPS) is 11.0. The summed E-state index contributed by atoms with van der Waals surface area (Å²) in [5.74, 6) is 0.245. The van der Waals surface area contributed by atoms with Crippen molar-refractivity contribution in [3.05, 3.63) is 42.7 Å². The van der Waals surface area contributed by atoms with Gasteiger partial charge in [0.15, 0.2) is 5.78 Å². The molecule has 0 aromatic heterocycles. The number of rotatable bonds is 12. The van der Waals surface area contributed by atoms with E-state index in [2.05, 4.69) is 12.3 Å². The van der Waals surface area contributed by atoms with E-state index in [1.165, 1.54) is 38.5 Å². The first-order chi connectivity index (χ1) is 9.31. The summed E-state index contributed by atoms with van der Waals surface area (Å²) < 4.78 is 0. The number of ketones is 1. The number of carbonyl (C=O) groups excluding carboxylic acids is 1. The van der Waals surface area contributed by atoms with E-state index in [9.17, 15) is 4.79 Å². The highest BCUT2D eigenvalue weighted by atomic mass is 16.1. The zero-order valence-corrected chi connectivity index (χ0v) is 12.4. The minimum atomic E-state index is 0.245. The van der Waals surface area contributed by atoms with Gasteiger partial charge in [0.1, 0.15) is 0 Å². The van der Waals surface area contributed by atoms with Crippen molar-refractivity contribution in [1.82, 2.24) is 0 Å².